The first-order valence-electron chi connectivity index (χ1n) is 6.54. The van der Waals surface area contributed by atoms with Crippen LogP contribution < -0.4 is 5.56 Å². The highest BCUT2D eigenvalue weighted by Gasteiger charge is 2.14. The quantitative estimate of drug-likeness (QED) is 0.842. The van der Waals surface area contributed by atoms with Gasteiger partial charge in [-0.1, -0.05) is 30.3 Å². The Bertz CT molecular complexity index is 645. The summed E-state index contributed by atoms with van der Waals surface area (Å²) in [4.78, 5) is 28.7. The summed E-state index contributed by atoms with van der Waals surface area (Å²) in [5, 5.41) is 0. The van der Waals surface area contributed by atoms with Gasteiger partial charge >= 0.3 is 0 Å². The molecule has 0 bridgehead atoms. The maximum absolute atomic E-state index is 12.5. The molecule has 4 nitrogen and oxygen atoms in total. The zero-order chi connectivity index (χ0) is 14.5. The second-order valence-corrected chi connectivity index (χ2v) is 4.96. The van der Waals surface area contributed by atoms with Crippen molar-refractivity contribution in [3.8, 4) is 0 Å². The van der Waals surface area contributed by atoms with Gasteiger partial charge in [-0.15, -0.1) is 0 Å². The maximum Gasteiger partial charge on any atom is 0.248 e. The molecule has 1 N–H and O–H groups in total. The number of ketones is 1. The number of pyridine rings is 1. The van der Waals surface area contributed by atoms with E-state index in [1.807, 2.05) is 37.2 Å². The molecule has 0 saturated carbocycles. The van der Waals surface area contributed by atoms with Crippen LogP contribution >= 0.6 is 0 Å². The third kappa shape index (κ3) is 3.42. The fourth-order valence-electron chi connectivity index (χ4n) is 2.01. The average Bonchev–Trinajstić information content (AvgIpc) is 2.45. The lowest BCUT2D eigenvalue weighted by Crippen LogP contribution is -2.20. The molecule has 104 valence electrons. The molecule has 4 heteroatoms. The van der Waals surface area contributed by atoms with Crippen LogP contribution in [0.4, 0.5) is 0 Å². The van der Waals surface area contributed by atoms with E-state index in [0.717, 1.165) is 6.54 Å². The highest BCUT2D eigenvalue weighted by atomic mass is 16.1. The fraction of sp³-hybridized carbons (Fsp3) is 0.250. The van der Waals surface area contributed by atoms with Gasteiger partial charge in [0.2, 0.25) is 5.56 Å². The SMILES string of the molecule is CN(C)CCc1[nH]c(=O)ccc1C(=O)c1ccccc1. The van der Waals surface area contributed by atoms with Crippen LogP contribution in [-0.2, 0) is 6.42 Å². The van der Waals surface area contributed by atoms with Crippen molar-refractivity contribution in [3.05, 3.63) is 69.6 Å². The van der Waals surface area contributed by atoms with Gasteiger partial charge in [-0.05, 0) is 20.2 Å². The van der Waals surface area contributed by atoms with Crippen molar-refractivity contribution in [2.45, 2.75) is 6.42 Å². The Hall–Kier alpha value is -2.20. The second-order valence-electron chi connectivity index (χ2n) is 4.96. The molecule has 0 atom stereocenters. The third-order valence-electron chi connectivity index (χ3n) is 3.09. The zero-order valence-electron chi connectivity index (χ0n) is 11.7. The van der Waals surface area contributed by atoms with Crippen LogP contribution in [0.3, 0.4) is 0 Å². The van der Waals surface area contributed by atoms with Gasteiger partial charge in [0.15, 0.2) is 5.78 Å². The lowest BCUT2D eigenvalue weighted by molar-refractivity contribution is 0.103. The predicted octanol–water partition coefficient (Wildman–Crippen LogP) is 1.71. The summed E-state index contributed by atoms with van der Waals surface area (Å²) in [6.45, 7) is 0.773. The molecule has 1 aromatic heterocycles. The Morgan fingerprint density at radius 3 is 2.45 bits per heavy atom. The first-order valence-corrected chi connectivity index (χ1v) is 6.54. The Labute approximate surface area is 118 Å². The molecule has 0 spiro atoms. The lowest BCUT2D eigenvalue weighted by Gasteiger charge is -2.12. The number of likely N-dealkylation sites (N-methyl/N-ethyl adjacent to an activating group) is 1. The van der Waals surface area contributed by atoms with Gasteiger partial charge in [0, 0.05) is 35.9 Å². The van der Waals surface area contributed by atoms with E-state index in [2.05, 4.69) is 4.98 Å². The van der Waals surface area contributed by atoms with Gasteiger partial charge in [-0.3, -0.25) is 9.59 Å². The van der Waals surface area contributed by atoms with Gasteiger partial charge in [-0.25, -0.2) is 0 Å². The van der Waals surface area contributed by atoms with Crippen LogP contribution in [0.5, 0.6) is 0 Å². The number of hydrogen-bond donors (Lipinski definition) is 1. The Kier molecular flexibility index (Phi) is 4.48. The minimum Gasteiger partial charge on any atom is -0.325 e. The number of nitrogens with one attached hydrogen (secondary N) is 1. The molecule has 1 heterocycles. The zero-order valence-corrected chi connectivity index (χ0v) is 11.7. The van der Waals surface area contributed by atoms with E-state index in [9.17, 15) is 9.59 Å². The van der Waals surface area contributed by atoms with Crippen molar-refractivity contribution in [2.24, 2.45) is 0 Å². The summed E-state index contributed by atoms with van der Waals surface area (Å²) in [6, 6.07) is 12.1. The second kappa shape index (κ2) is 6.30. The number of hydrogen-bond acceptors (Lipinski definition) is 3. The normalized spacial score (nSPS) is 10.8. The minimum atomic E-state index is -0.177. The number of benzene rings is 1. The number of aromatic nitrogens is 1. The van der Waals surface area contributed by atoms with Gasteiger partial charge in [0.1, 0.15) is 0 Å². The molecule has 2 rings (SSSR count). The van der Waals surface area contributed by atoms with E-state index in [1.54, 1.807) is 18.2 Å². The highest BCUT2D eigenvalue weighted by molar-refractivity contribution is 6.09. The summed E-state index contributed by atoms with van der Waals surface area (Å²) >= 11 is 0. The topological polar surface area (TPSA) is 53.2 Å². The van der Waals surface area contributed by atoms with Crippen molar-refractivity contribution >= 4 is 5.78 Å². The predicted molar refractivity (Wildman–Crippen MR) is 79.2 cm³/mol. The van der Waals surface area contributed by atoms with Crippen LogP contribution in [0.1, 0.15) is 21.6 Å². The summed E-state index contributed by atoms with van der Waals surface area (Å²) in [6.07, 6.45) is 0.636. The minimum absolute atomic E-state index is 0.0596. The third-order valence-corrected chi connectivity index (χ3v) is 3.09. The molecule has 0 saturated heterocycles. The summed E-state index contributed by atoms with van der Waals surface area (Å²) in [5.74, 6) is -0.0596. The number of H-pyrrole nitrogens is 1. The average molecular weight is 270 g/mol. The molecule has 2 aromatic rings. The van der Waals surface area contributed by atoms with Gasteiger partial charge in [-0.2, -0.15) is 0 Å². The number of rotatable bonds is 5. The van der Waals surface area contributed by atoms with Crippen molar-refractivity contribution in [3.63, 3.8) is 0 Å². The largest absolute Gasteiger partial charge is 0.325 e. The molecule has 0 fully saturated rings. The van der Waals surface area contributed by atoms with Crippen LogP contribution in [0.15, 0.2) is 47.3 Å². The summed E-state index contributed by atoms with van der Waals surface area (Å²) in [7, 11) is 3.92. The van der Waals surface area contributed by atoms with Crippen LogP contribution in [0, 0.1) is 0 Å². The lowest BCUT2D eigenvalue weighted by atomic mass is 10.0. The highest BCUT2D eigenvalue weighted by Crippen LogP contribution is 2.12. The number of nitrogens with zero attached hydrogens (tertiary/aromatic N) is 1. The van der Waals surface area contributed by atoms with Gasteiger partial charge in [0.05, 0.1) is 0 Å². The van der Waals surface area contributed by atoms with Gasteiger partial charge in [0.25, 0.3) is 0 Å². The summed E-state index contributed by atoms with van der Waals surface area (Å²) < 4.78 is 0. The molecular formula is C16H18N2O2. The maximum atomic E-state index is 12.5. The van der Waals surface area contributed by atoms with Crippen molar-refractivity contribution in [1.82, 2.24) is 9.88 Å². The fourth-order valence-corrected chi connectivity index (χ4v) is 2.01. The van der Waals surface area contributed by atoms with E-state index in [-0.39, 0.29) is 11.3 Å². The first-order chi connectivity index (χ1) is 9.58. The first kappa shape index (κ1) is 14.2. The number of aromatic amines is 1. The number of carbonyl (C=O) groups excluding carboxylic acids is 1. The monoisotopic (exact) mass is 270 g/mol. The van der Waals surface area contributed by atoms with E-state index < -0.39 is 0 Å². The summed E-state index contributed by atoms with van der Waals surface area (Å²) in [5.41, 5.74) is 1.71. The van der Waals surface area contributed by atoms with E-state index in [4.69, 9.17) is 0 Å². The molecule has 1 aromatic carbocycles. The van der Waals surface area contributed by atoms with Gasteiger partial charge < -0.3 is 9.88 Å². The Morgan fingerprint density at radius 2 is 1.80 bits per heavy atom. The van der Waals surface area contributed by atoms with Crippen molar-refractivity contribution in [1.29, 1.82) is 0 Å². The van der Waals surface area contributed by atoms with Crippen LogP contribution in [0.25, 0.3) is 0 Å². The van der Waals surface area contributed by atoms with Crippen LogP contribution in [0.2, 0.25) is 0 Å². The molecule has 0 unspecified atom stereocenters. The molecule has 0 aliphatic carbocycles. The van der Waals surface area contributed by atoms with Crippen molar-refractivity contribution < 1.29 is 4.79 Å². The Balaban J connectivity index is 2.35. The molecule has 20 heavy (non-hydrogen) atoms. The molecule has 0 aliphatic heterocycles. The van der Waals surface area contributed by atoms with Crippen molar-refractivity contribution in [2.75, 3.05) is 20.6 Å². The van der Waals surface area contributed by atoms with E-state index in [1.165, 1.54) is 6.07 Å². The molecule has 0 amide bonds. The molecular weight excluding hydrogens is 252 g/mol. The number of carbonyl (C=O) groups is 1. The van der Waals surface area contributed by atoms with E-state index in [0.29, 0.717) is 23.2 Å². The standard InChI is InChI=1S/C16H18N2O2/c1-18(2)11-10-14-13(8-9-15(19)17-14)16(20)12-6-4-3-5-7-12/h3-9H,10-11H2,1-2H3,(H,17,19). The molecule has 0 radical (unpaired) electrons. The smallest absolute Gasteiger partial charge is 0.248 e. The molecule has 0 aliphatic rings. The Morgan fingerprint density at radius 1 is 1.10 bits per heavy atom. The van der Waals surface area contributed by atoms with Crippen LogP contribution in [-0.4, -0.2) is 36.3 Å². The van der Waals surface area contributed by atoms with E-state index >= 15 is 0 Å².